The predicted octanol–water partition coefficient (Wildman–Crippen LogP) is 3.24. The van der Waals surface area contributed by atoms with Crippen LogP contribution in [0.15, 0.2) is 29.3 Å². The maximum absolute atomic E-state index is 5.64. The number of hydrogen-bond acceptors (Lipinski definition) is 2. The van der Waals surface area contributed by atoms with Crippen LogP contribution >= 0.6 is 0 Å². The molecule has 0 aliphatic carbocycles. The molecule has 0 amide bonds. The van der Waals surface area contributed by atoms with Crippen molar-refractivity contribution in [2.45, 2.75) is 39.7 Å². The molecule has 1 aliphatic rings. The average molecular weight is 231 g/mol. The van der Waals surface area contributed by atoms with Crippen molar-refractivity contribution in [2.24, 2.45) is 10.9 Å². The highest BCUT2D eigenvalue weighted by molar-refractivity contribution is 5.80. The van der Waals surface area contributed by atoms with Crippen molar-refractivity contribution in [2.75, 3.05) is 6.61 Å². The Morgan fingerprint density at radius 1 is 1.24 bits per heavy atom. The Morgan fingerprint density at radius 3 is 2.41 bits per heavy atom. The van der Waals surface area contributed by atoms with Crippen LogP contribution < -0.4 is 0 Å². The van der Waals surface area contributed by atoms with Gasteiger partial charge in [-0.25, -0.2) is 4.99 Å². The molecular weight excluding hydrogens is 210 g/mol. The van der Waals surface area contributed by atoms with E-state index < -0.39 is 0 Å². The van der Waals surface area contributed by atoms with E-state index in [1.54, 1.807) is 0 Å². The molecule has 2 rings (SSSR count). The van der Waals surface area contributed by atoms with Crippen LogP contribution in [0.25, 0.3) is 0 Å². The molecule has 1 aromatic carbocycles. The first kappa shape index (κ1) is 12.2. The lowest BCUT2D eigenvalue weighted by Crippen LogP contribution is -2.13. The molecule has 2 heteroatoms. The van der Waals surface area contributed by atoms with Crippen LogP contribution in [-0.2, 0) is 17.6 Å². The molecule has 17 heavy (non-hydrogen) atoms. The van der Waals surface area contributed by atoms with Crippen LogP contribution in [0.1, 0.15) is 31.9 Å². The van der Waals surface area contributed by atoms with Gasteiger partial charge in [0.1, 0.15) is 6.61 Å². The Kier molecular flexibility index (Phi) is 3.82. The molecule has 1 unspecified atom stereocenters. The van der Waals surface area contributed by atoms with Crippen molar-refractivity contribution >= 4 is 5.90 Å². The van der Waals surface area contributed by atoms with Crippen LogP contribution in [0.2, 0.25) is 0 Å². The fourth-order valence-electron chi connectivity index (χ4n) is 1.95. The molecule has 0 fully saturated rings. The summed E-state index contributed by atoms with van der Waals surface area (Å²) in [5, 5.41) is 0. The van der Waals surface area contributed by atoms with Crippen molar-refractivity contribution in [3.8, 4) is 0 Å². The summed E-state index contributed by atoms with van der Waals surface area (Å²) in [6.45, 7) is 7.31. The molecule has 92 valence electrons. The summed E-state index contributed by atoms with van der Waals surface area (Å²) in [7, 11) is 0. The van der Waals surface area contributed by atoms with Gasteiger partial charge in [-0.3, -0.25) is 0 Å². The Labute approximate surface area is 104 Å². The summed E-state index contributed by atoms with van der Waals surface area (Å²) in [5.74, 6) is 1.46. The van der Waals surface area contributed by atoms with E-state index in [1.807, 2.05) is 0 Å². The quantitative estimate of drug-likeness (QED) is 0.779. The second-order valence-electron chi connectivity index (χ2n) is 4.99. The van der Waals surface area contributed by atoms with E-state index in [-0.39, 0.29) is 0 Å². The van der Waals surface area contributed by atoms with Gasteiger partial charge in [0.15, 0.2) is 5.90 Å². The van der Waals surface area contributed by atoms with Crippen LogP contribution in [0.5, 0.6) is 0 Å². The van der Waals surface area contributed by atoms with Crippen molar-refractivity contribution in [3.63, 3.8) is 0 Å². The molecule has 0 spiro atoms. The molecule has 2 nitrogen and oxygen atoms in total. The van der Waals surface area contributed by atoms with Crippen molar-refractivity contribution in [1.82, 2.24) is 0 Å². The monoisotopic (exact) mass is 231 g/mol. The van der Waals surface area contributed by atoms with E-state index >= 15 is 0 Å². The lowest BCUT2D eigenvalue weighted by molar-refractivity contribution is 0.287. The van der Waals surface area contributed by atoms with E-state index in [4.69, 9.17) is 4.74 Å². The third-order valence-electron chi connectivity index (χ3n) is 3.29. The minimum Gasteiger partial charge on any atom is -0.478 e. The smallest absolute Gasteiger partial charge is 0.188 e. The molecular formula is C15H21NO. The lowest BCUT2D eigenvalue weighted by atomic mass is 10.1. The maximum atomic E-state index is 5.64. The second-order valence-corrected chi connectivity index (χ2v) is 4.99. The van der Waals surface area contributed by atoms with E-state index in [1.165, 1.54) is 11.1 Å². The lowest BCUT2D eigenvalue weighted by Gasteiger charge is -2.06. The second kappa shape index (κ2) is 5.35. The Bertz CT molecular complexity index is 392. The molecule has 1 aliphatic heterocycles. The fraction of sp³-hybridized carbons (Fsp3) is 0.533. The topological polar surface area (TPSA) is 21.6 Å². The molecule has 0 N–H and O–H groups in total. The summed E-state index contributed by atoms with van der Waals surface area (Å²) >= 11 is 0. The van der Waals surface area contributed by atoms with E-state index in [9.17, 15) is 0 Å². The minimum atomic E-state index is 0.347. The number of ether oxygens (including phenoxy) is 1. The van der Waals surface area contributed by atoms with Gasteiger partial charge in [-0.2, -0.15) is 0 Å². The number of aliphatic imine (C=N–C) groups is 1. The molecule has 1 atom stereocenters. The Hall–Kier alpha value is -1.31. The molecule has 0 radical (unpaired) electrons. The third kappa shape index (κ3) is 3.09. The van der Waals surface area contributed by atoms with E-state index in [0.29, 0.717) is 12.0 Å². The number of nitrogens with zero attached hydrogens (tertiary/aromatic N) is 1. The van der Waals surface area contributed by atoms with Gasteiger partial charge in [-0.15, -0.1) is 0 Å². The van der Waals surface area contributed by atoms with E-state index in [0.717, 1.165) is 25.3 Å². The van der Waals surface area contributed by atoms with Gasteiger partial charge in [0.05, 0.1) is 6.04 Å². The zero-order chi connectivity index (χ0) is 12.3. The van der Waals surface area contributed by atoms with Crippen molar-refractivity contribution in [3.05, 3.63) is 35.4 Å². The zero-order valence-corrected chi connectivity index (χ0v) is 10.9. The first-order chi connectivity index (χ1) is 8.19. The number of hydrogen-bond donors (Lipinski definition) is 0. The fourth-order valence-corrected chi connectivity index (χ4v) is 1.95. The highest BCUT2D eigenvalue weighted by Gasteiger charge is 2.21. The average Bonchev–Trinajstić information content (AvgIpc) is 2.79. The third-order valence-corrected chi connectivity index (χ3v) is 3.29. The largest absolute Gasteiger partial charge is 0.478 e. The number of rotatable bonds is 4. The van der Waals surface area contributed by atoms with Crippen LogP contribution in [-0.4, -0.2) is 18.5 Å². The van der Waals surface area contributed by atoms with Gasteiger partial charge >= 0.3 is 0 Å². The highest BCUT2D eigenvalue weighted by Crippen LogP contribution is 2.16. The van der Waals surface area contributed by atoms with Gasteiger partial charge in [-0.05, 0) is 23.5 Å². The highest BCUT2D eigenvalue weighted by atomic mass is 16.5. The Balaban J connectivity index is 1.99. The SMILES string of the molecule is CCc1ccc(CC2=NC(C(C)C)CO2)cc1. The summed E-state index contributed by atoms with van der Waals surface area (Å²) in [5.41, 5.74) is 2.66. The normalized spacial score (nSPS) is 19.3. The first-order valence-electron chi connectivity index (χ1n) is 6.46. The van der Waals surface area contributed by atoms with Gasteiger partial charge in [0.25, 0.3) is 0 Å². The van der Waals surface area contributed by atoms with Crippen LogP contribution in [0.3, 0.4) is 0 Å². The zero-order valence-electron chi connectivity index (χ0n) is 10.9. The molecule has 1 heterocycles. The van der Waals surface area contributed by atoms with Crippen LogP contribution in [0.4, 0.5) is 0 Å². The molecule has 1 aromatic rings. The van der Waals surface area contributed by atoms with Gasteiger partial charge in [0.2, 0.25) is 0 Å². The van der Waals surface area contributed by atoms with Gasteiger partial charge < -0.3 is 4.74 Å². The first-order valence-corrected chi connectivity index (χ1v) is 6.46. The van der Waals surface area contributed by atoms with Crippen molar-refractivity contribution in [1.29, 1.82) is 0 Å². The van der Waals surface area contributed by atoms with Gasteiger partial charge in [0, 0.05) is 6.42 Å². The minimum absolute atomic E-state index is 0.347. The standard InChI is InChI=1S/C15H21NO/c1-4-12-5-7-13(8-6-12)9-15-16-14(10-17-15)11(2)3/h5-8,11,14H,4,9-10H2,1-3H3. The molecule has 0 saturated carbocycles. The molecule has 0 bridgehead atoms. The van der Waals surface area contributed by atoms with E-state index in [2.05, 4.69) is 50.0 Å². The number of aryl methyl sites for hydroxylation is 1. The maximum Gasteiger partial charge on any atom is 0.188 e. The summed E-state index contributed by atoms with van der Waals surface area (Å²) in [6.07, 6.45) is 1.92. The number of benzene rings is 1. The van der Waals surface area contributed by atoms with Crippen molar-refractivity contribution < 1.29 is 4.74 Å². The molecule has 0 saturated heterocycles. The van der Waals surface area contributed by atoms with Crippen LogP contribution in [0, 0.1) is 5.92 Å². The Morgan fingerprint density at radius 2 is 1.88 bits per heavy atom. The predicted molar refractivity (Wildman–Crippen MR) is 71.5 cm³/mol. The van der Waals surface area contributed by atoms with Gasteiger partial charge in [-0.1, -0.05) is 45.0 Å². The summed E-state index contributed by atoms with van der Waals surface area (Å²) in [6, 6.07) is 9.07. The summed E-state index contributed by atoms with van der Waals surface area (Å²) < 4.78 is 5.64. The molecule has 0 aromatic heterocycles. The summed E-state index contributed by atoms with van der Waals surface area (Å²) in [4.78, 5) is 4.62.